The third kappa shape index (κ3) is 4.95. The first kappa shape index (κ1) is 22.3. The summed E-state index contributed by atoms with van der Waals surface area (Å²) in [6.07, 6.45) is 0.564. The van der Waals surface area contributed by atoms with Gasteiger partial charge in [-0.1, -0.05) is 72.9 Å². The van der Waals surface area contributed by atoms with E-state index in [0.717, 1.165) is 16.8 Å². The van der Waals surface area contributed by atoms with E-state index in [0.29, 0.717) is 29.3 Å². The van der Waals surface area contributed by atoms with E-state index in [4.69, 9.17) is 21.9 Å². The normalized spacial score (nSPS) is 20.2. The van der Waals surface area contributed by atoms with Gasteiger partial charge in [0.15, 0.2) is 0 Å². The SMILES string of the molecule is CC1(C)C[C@@](C)(c2cc(N=C(c3ccccc3)c3ccccc3)ccc2F)NC(=S)CO1. The largest absolute Gasteiger partial charge is 0.368 e. The molecule has 0 radical (unpaired) electrons. The van der Waals surface area contributed by atoms with E-state index in [9.17, 15) is 0 Å². The van der Waals surface area contributed by atoms with Gasteiger partial charge in [-0.25, -0.2) is 9.38 Å². The summed E-state index contributed by atoms with van der Waals surface area (Å²) < 4.78 is 21.0. The quantitative estimate of drug-likeness (QED) is 0.376. The molecule has 1 saturated heterocycles. The third-order valence-corrected chi connectivity index (χ3v) is 5.89. The van der Waals surface area contributed by atoms with Gasteiger partial charge >= 0.3 is 0 Å². The molecule has 1 aliphatic rings. The average Bonchev–Trinajstić information content (AvgIpc) is 2.88. The maximum absolute atomic E-state index is 15.1. The van der Waals surface area contributed by atoms with Gasteiger partial charge in [-0.2, -0.15) is 0 Å². The van der Waals surface area contributed by atoms with E-state index in [1.54, 1.807) is 6.07 Å². The maximum Gasteiger partial charge on any atom is 0.128 e. The van der Waals surface area contributed by atoms with Crippen LogP contribution >= 0.6 is 12.2 Å². The van der Waals surface area contributed by atoms with Crippen molar-refractivity contribution >= 4 is 28.6 Å². The van der Waals surface area contributed by atoms with Crippen LogP contribution < -0.4 is 5.32 Å². The van der Waals surface area contributed by atoms with Crippen LogP contribution in [0.15, 0.2) is 83.9 Å². The molecular formula is C27H27FN2OS. The van der Waals surface area contributed by atoms with Crippen molar-refractivity contribution in [3.63, 3.8) is 0 Å². The first-order chi connectivity index (χ1) is 15.3. The van der Waals surface area contributed by atoms with Gasteiger partial charge in [0, 0.05) is 23.1 Å². The molecule has 4 rings (SSSR count). The van der Waals surface area contributed by atoms with Crippen molar-refractivity contribution in [3.05, 3.63) is 101 Å². The highest BCUT2D eigenvalue weighted by Gasteiger charge is 2.39. The topological polar surface area (TPSA) is 33.6 Å². The van der Waals surface area contributed by atoms with Crippen LogP contribution in [-0.4, -0.2) is 22.9 Å². The number of aliphatic imine (C=N–C) groups is 1. The standard InChI is InChI=1S/C27H27FN2OS/c1-26(2)18-27(3,30-24(32)17-31-26)22-16-21(14-15-23(22)28)29-25(19-10-6-4-7-11-19)20-12-8-5-9-13-20/h4-16H,17-18H2,1-3H3,(H,30,32)/t27-/m0/s1. The summed E-state index contributed by atoms with van der Waals surface area (Å²) in [7, 11) is 0. The van der Waals surface area contributed by atoms with Crippen LogP contribution in [-0.2, 0) is 10.3 Å². The monoisotopic (exact) mass is 446 g/mol. The van der Waals surface area contributed by atoms with E-state index < -0.39 is 11.1 Å². The summed E-state index contributed by atoms with van der Waals surface area (Å²) in [5, 5.41) is 3.33. The second-order valence-electron chi connectivity index (χ2n) is 8.96. The molecule has 0 spiro atoms. The molecule has 0 aromatic heterocycles. The molecule has 0 aliphatic carbocycles. The highest BCUT2D eigenvalue weighted by molar-refractivity contribution is 7.80. The minimum Gasteiger partial charge on any atom is -0.368 e. The number of benzene rings is 3. The molecular weight excluding hydrogens is 419 g/mol. The molecule has 32 heavy (non-hydrogen) atoms. The Balaban J connectivity index is 1.82. The Morgan fingerprint density at radius 3 is 2.12 bits per heavy atom. The lowest BCUT2D eigenvalue weighted by Gasteiger charge is -2.35. The van der Waals surface area contributed by atoms with Crippen LogP contribution in [0, 0.1) is 5.82 Å². The second kappa shape index (κ2) is 8.93. The number of nitrogens with one attached hydrogen (secondary N) is 1. The first-order valence-electron chi connectivity index (χ1n) is 10.7. The van der Waals surface area contributed by atoms with E-state index in [2.05, 4.69) is 5.32 Å². The molecule has 3 aromatic carbocycles. The molecule has 0 saturated carbocycles. The molecule has 1 heterocycles. The fourth-order valence-electron chi connectivity index (χ4n) is 4.34. The van der Waals surface area contributed by atoms with Gasteiger partial charge in [-0.05, 0) is 39.0 Å². The molecule has 3 nitrogen and oxygen atoms in total. The van der Waals surface area contributed by atoms with Crippen LogP contribution in [0.5, 0.6) is 0 Å². The van der Waals surface area contributed by atoms with Crippen molar-refractivity contribution < 1.29 is 9.13 Å². The van der Waals surface area contributed by atoms with Gasteiger partial charge in [0.25, 0.3) is 0 Å². The molecule has 5 heteroatoms. The van der Waals surface area contributed by atoms with E-state index in [1.165, 1.54) is 6.07 Å². The Hall–Kier alpha value is -2.89. The minimum atomic E-state index is -0.716. The predicted octanol–water partition coefficient (Wildman–Crippen LogP) is 6.33. The van der Waals surface area contributed by atoms with Crippen molar-refractivity contribution in [2.24, 2.45) is 4.99 Å². The van der Waals surface area contributed by atoms with Gasteiger partial charge in [-0.3, -0.25) is 0 Å². The lowest BCUT2D eigenvalue weighted by molar-refractivity contribution is -0.00903. The molecule has 1 atom stereocenters. The highest BCUT2D eigenvalue weighted by Crippen LogP contribution is 2.37. The summed E-state index contributed by atoms with van der Waals surface area (Å²) in [6, 6.07) is 25.1. The lowest BCUT2D eigenvalue weighted by atomic mass is 9.81. The Morgan fingerprint density at radius 1 is 0.938 bits per heavy atom. The summed E-state index contributed by atoms with van der Waals surface area (Å²) in [4.78, 5) is 5.53. The first-order valence-corrected chi connectivity index (χ1v) is 11.1. The number of rotatable bonds is 4. The van der Waals surface area contributed by atoms with Gasteiger partial charge in [0.2, 0.25) is 0 Å². The molecule has 0 amide bonds. The van der Waals surface area contributed by atoms with Gasteiger partial charge in [0.1, 0.15) is 10.8 Å². The van der Waals surface area contributed by atoms with E-state index in [-0.39, 0.29) is 5.82 Å². The summed E-state index contributed by atoms with van der Waals surface area (Å²) in [6.45, 7) is 6.30. The molecule has 3 aromatic rings. The van der Waals surface area contributed by atoms with Crippen LogP contribution in [0.2, 0.25) is 0 Å². The number of hydrogen-bond donors (Lipinski definition) is 1. The number of nitrogens with zero attached hydrogens (tertiary/aromatic N) is 1. The Morgan fingerprint density at radius 2 is 1.53 bits per heavy atom. The summed E-state index contributed by atoms with van der Waals surface area (Å²) >= 11 is 5.43. The van der Waals surface area contributed by atoms with Crippen molar-refractivity contribution in [1.82, 2.24) is 5.32 Å². The maximum atomic E-state index is 15.1. The number of thiocarbonyl (C=S) groups is 1. The second-order valence-corrected chi connectivity index (χ2v) is 9.45. The van der Waals surface area contributed by atoms with Crippen LogP contribution in [0.4, 0.5) is 10.1 Å². The van der Waals surface area contributed by atoms with Gasteiger partial charge in [-0.15, -0.1) is 0 Å². The van der Waals surface area contributed by atoms with Gasteiger partial charge in [0.05, 0.1) is 29.1 Å². The van der Waals surface area contributed by atoms with Crippen molar-refractivity contribution in [2.45, 2.75) is 38.3 Å². The zero-order valence-corrected chi connectivity index (χ0v) is 19.4. The number of ether oxygens (including phenoxy) is 1. The van der Waals surface area contributed by atoms with Crippen LogP contribution in [0.3, 0.4) is 0 Å². The van der Waals surface area contributed by atoms with E-state index in [1.807, 2.05) is 87.5 Å². The minimum absolute atomic E-state index is 0.291. The Labute approximate surface area is 194 Å². The number of halogens is 1. The molecule has 1 aliphatic heterocycles. The van der Waals surface area contributed by atoms with Crippen molar-refractivity contribution in [1.29, 1.82) is 0 Å². The van der Waals surface area contributed by atoms with Gasteiger partial charge < -0.3 is 10.1 Å². The summed E-state index contributed by atoms with van der Waals surface area (Å²) in [5.74, 6) is -0.291. The lowest BCUT2D eigenvalue weighted by Crippen LogP contribution is -2.45. The average molecular weight is 447 g/mol. The zero-order valence-electron chi connectivity index (χ0n) is 18.6. The Bertz CT molecular complexity index is 1100. The van der Waals surface area contributed by atoms with E-state index >= 15 is 4.39 Å². The number of hydrogen-bond acceptors (Lipinski definition) is 3. The van der Waals surface area contributed by atoms with Crippen molar-refractivity contribution in [3.8, 4) is 0 Å². The van der Waals surface area contributed by atoms with Crippen LogP contribution in [0.25, 0.3) is 0 Å². The van der Waals surface area contributed by atoms with Crippen LogP contribution in [0.1, 0.15) is 43.9 Å². The summed E-state index contributed by atoms with van der Waals surface area (Å²) in [5.41, 5.74) is 2.88. The zero-order chi connectivity index (χ0) is 22.8. The Kier molecular flexibility index (Phi) is 6.22. The fourth-order valence-corrected chi connectivity index (χ4v) is 4.62. The highest BCUT2D eigenvalue weighted by atomic mass is 32.1. The fraction of sp³-hybridized carbons (Fsp3) is 0.259. The molecule has 164 valence electrons. The molecule has 0 bridgehead atoms. The molecule has 0 unspecified atom stereocenters. The molecule has 1 N–H and O–H groups in total. The predicted molar refractivity (Wildman–Crippen MR) is 132 cm³/mol. The third-order valence-electron chi connectivity index (χ3n) is 5.67. The molecule has 1 fully saturated rings. The smallest absolute Gasteiger partial charge is 0.128 e. The van der Waals surface area contributed by atoms with Crippen molar-refractivity contribution in [2.75, 3.05) is 6.61 Å².